The van der Waals surface area contributed by atoms with Crippen LogP contribution in [0.15, 0.2) is 48.7 Å². The summed E-state index contributed by atoms with van der Waals surface area (Å²) in [6.45, 7) is 0. The fraction of sp³-hybridized carbons (Fsp3) is 0.294. The summed E-state index contributed by atoms with van der Waals surface area (Å²) in [6, 6.07) is 13.5. The average Bonchev–Trinajstić information content (AvgIpc) is 2.52. The van der Waals surface area contributed by atoms with Crippen molar-refractivity contribution in [2.24, 2.45) is 5.92 Å². The molecule has 0 bridgehead atoms. The Morgan fingerprint density at radius 1 is 1.18 bits per heavy atom. The monoisotopic (exact) mass is 316 g/mol. The molecule has 116 valence electrons. The molecule has 0 aliphatic heterocycles. The summed E-state index contributed by atoms with van der Waals surface area (Å²) in [7, 11) is 0. The van der Waals surface area contributed by atoms with Crippen LogP contribution in [0.5, 0.6) is 0 Å². The number of anilines is 1. The minimum atomic E-state index is -0.829. The highest BCUT2D eigenvalue weighted by Gasteiger charge is 2.25. The van der Waals surface area contributed by atoms with Gasteiger partial charge in [-0.15, -0.1) is 0 Å². The van der Waals surface area contributed by atoms with Crippen LogP contribution in [0.2, 0.25) is 0 Å². The quantitative estimate of drug-likeness (QED) is 0.687. The third-order valence-corrected chi connectivity index (χ3v) is 4.27. The minimum Gasteiger partial charge on any atom is -0.481 e. The molecule has 0 spiro atoms. The Morgan fingerprint density at radius 3 is 2.50 bits per heavy atom. The van der Waals surface area contributed by atoms with Crippen molar-refractivity contribution in [1.82, 2.24) is 4.98 Å². The molecular weight excluding hydrogens is 296 g/mol. The Balaban J connectivity index is 1.97. The first-order chi connectivity index (χ1) is 10.6. The van der Waals surface area contributed by atoms with Crippen molar-refractivity contribution < 1.29 is 9.90 Å². The highest BCUT2D eigenvalue weighted by atomic mass is 32.1. The summed E-state index contributed by atoms with van der Waals surface area (Å²) in [6.07, 6.45) is 3.57. The van der Waals surface area contributed by atoms with Gasteiger partial charge < -0.3 is 10.8 Å². The molecule has 2 atom stereocenters. The molecule has 3 N–H and O–H groups in total. The van der Waals surface area contributed by atoms with E-state index < -0.39 is 11.9 Å². The largest absolute Gasteiger partial charge is 0.481 e. The highest BCUT2D eigenvalue weighted by Crippen LogP contribution is 2.22. The first-order valence-electron chi connectivity index (χ1n) is 7.21. The lowest BCUT2D eigenvalue weighted by atomic mass is 9.93. The van der Waals surface area contributed by atoms with E-state index in [1.165, 1.54) is 5.56 Å². The maximum atomic E-state index is 11.5. The van der Waals surface area contributed by atoms with Crippen molar-refractivity contribution in [3.05, 3.63) is 59.8 Å². The number of pyridine rings is 1. The van der Waals surface area contributed by atoms with E-state index in [9.17, 15) is 9.90 Å². The SMILES string of the molecule is Nc1ccc(CC(C(=O)O)C(S)CCc2ccccc2)cn1. The number of benzene rings is 1. The van der Waals surface area contributed by atoms with Crippen LogP contribution in [0, 0.1) is 5.92 Å². The normalized spacial score (nSPS) is 13.5. The molecule has 1 aromatic heterocycles. The van der Waals surface area contributed by atoms with Gasteiger partial charge in [0.25, 0.3) is 0 Å². The van der Waals surface area contributed by atoms with E-state index in [0.29, 0.717) is 18.7 Å². The minimum absolute atomic E-state index is 0.213. The van der Waals surface area contributed by atoms with E-state index in [0.717, 1.165) is 12.0 Å². The van der Waals surface area contributed by atoms with Crippen molar-refractivity contribution >= 4 is 24.4 Å². The number of aryl methyl sites for hydroxylation is 1. The molecule has 1 heterocycles. The Morgan fingerprint density at radius 2 is 1.91 bits per heavy atom. The van der Waals surface area contributed by atoms with Gasteiger partial charge in [-0.25, -0.2) is 4.98 Å². The van der Waals surface area contributed by atoms with E-state index in [-0.39, 0.29) is 5.25 Å². The van der Waals surface area contributed by atoms with Gasteiger partial charge in [0.05, 0.1) is 5.92 Å². The van der Waals surface area contributed by atoms with Crippen molar-refractivity contribution in [2.75, 3.05) is 5.73 Å². The van der Waals surface area contributed by atoms with Crippen LogP contribution in [-0.2, 0) is 17.6 Å². The molecule has 5 heteroatoms. The smallest absolute Gasteiger partial charge is 0.307 e. The van der Waals surface area contributed by atoms with E-state index in [1.54, 1.807) is 12.3 Å². The zero-order chi connectivity index (χ0) is 15.9. The fourth-order valence-electron chi connectivity index (χ4n) is 2.36. The number of hydrogen-bond donors (Lipinski definition) is 3. The topological polar surface area (TPSA) is 76.2 Å². The molecule has 0 saturated heterocycles. The second-order valence-electron chi connectivity index (χ2n) is 5.33. The molecule has 0 radical (unpaired) electrons. The van der Waals surface area contributed by atoms with E-state index >= 15 is 0 Å². The number of carboxylic acids is 1. The van der Waals surface area contributed by atoms with Gasteiger partial charge in [0.1, 0.15) is 5.82 Å². The molecule has 0 amide bonds. The summed E-state index contributed by atoms with van der Waals surface area (Å²) in [5.74, 6) is -0.940. The van der Waals surface area contributed by atoms with Crippen molar-refractivity contribution in [2.45, 2.75) is 24.5 Å². The number of rotatable bonds is 7. The zero-order valence-corrected chi connectivity index (χ0v) is 13.1. The third-order valence-electron chi connectivity index (χ3n) is 3.66. The lowest BCUT2D eigenvalue weighted by Gasteiger charge is -2.19. The standard InChI is InChI=1S/C17H20N2O2S/c18-16-9-7-13(11-19-16)10-14(17(20)21)15(22)8-6-12-4-2-1-3-5-12/h1-5,7,9,11,14-15,22H,6,8,10H2,(H2,18,19)(H,20,21). The number of hydrogen-bond acceptors (Lipinski definition) is 4. The Bertz CT molecular complexity index is 602. The Kier molecular flexibility index (Phi) is 5.83. The average molecular weight is 316 g/mol. The maximum Gasteiger partial charge on any atom is 0.307 e. The number of thiol groups is 1. The molecule has 2 aromatic rings. The second kappa shape index (κ2) is 7.84. The lowest BCUT2D eigenvalue weighted by Crippen LogP contribution is -2.27. The van der Waals surface area contributed by atoms with Gasteiger partial charge in [-0.3, -0.25) is 4.79 Å². The predicted molar refractivity (Wildman–Crippen MR) is 91.0 cm³/mol. The van der Waals surface area contributed by atoms with Crippen LogP contribution >= 0.6 is 12.6 Å². The first kappa shape index (κ1) is 16.4. The van der Waals surface area contributed by atoms with Gasteiger partial charge >= 0.3 is 5.97 Å². The number of aliphatic carboxylic acids is 1. The molecule has 4 nitrogen and oxygen atoms in total. The van der Waals surface area contributed by atoms with Crippen molar-refractivity contribution in [3.8, 4) is 0 Å². The number of nitrogens with two attached hydrogens (primary N) is 1. The van der Waals surface area contributed by atoms with Crippen LogP contribution in [0.4, 0.5) is 5.82 Å². The van der Waals surface area contributed by atoms with E-state index in [2.05, 4.69) is 17.6 Å². The number of aromatic nitrogens is 1. The summed E-state index contributed by atoms with van der Waals surface area (Å²) < 4.78 is 0. The van der Waals surface area contributed by atoms with Crippen LogP contribution in [-0.4, -0.2) is 21.3 Å². The number of carbonyl (C=O) groups is 1. The lowest BCUT2D eigenvalue weighted by molar-refractivity contribution is -0.141. The van der Waals surface area contributed by atoms with Gasteiger partial charge in [-0.2, -0.15) is 12.6 Å². The molecule has 0 aliphatic rings. The molecule has 2 rings (SSSR count). The van der Waals surface area contributed by atoms with Crippen molar-refractivity contribution in [3.63, 3.8) is 0 Å². The first-order valence-corrected chi connectivity index (χ1v) is 7.73. The maximum absolute atomic E-state index is 11.5. The van der Waals surface area contributed by atoms with Crippen LogP contribution in [0.1, 0.15) is 17.5 Å². The number of nitrogen functional groups attached to an aromatic ring is 1. The van der Waals surface area contributed by atoms with Crippen molar-refractivity contribution in [1.29, 1.82) is 0 Å². The Hall–Kier alpha value is -2.01. The number of nitrogens with zero attached hydrogens (tertiary/aromatic N) is 1. The van der Waals surface area contributed by atoms with Gasteiger partial charge in [0, 0.05) is 11.4 Å². The molecule has 2 unspecified atom stereocenters. The summed E-state index contributed by atoms with van der Waals surface area (Å²) in [5.41, 5.74) is 7.60. The second-order valence-corrected chi connectivity index (χ2v) is 6.00. The van der Waals surface area contributed by atoms with Gasteiger partial charge in [0.2, 0.25) is 0 Å². The molecular formula is C17H20N2O2S. The van der Waals surface area contributed by atoms with E-state index in [4.69, 9.17) is 5.73 Å². The molecule has 0 saturated carbocycles. The molecule has 0 fully saturated rings. The number of carboxylic acid groups (broad SMARTS) is 1. The van der Waals surface area contributed by atoms with Crippen LogP contribution < -0.4 is 5.73 Å². The fourth-order valence-corrected chi connectivity index (χ4v) is 2.72. The van der Waals surface area contributed by atoms with Gasteiger partial charge in [-0.1, -0.05) is 36.4 Å². The molecule has 1 aromatic carbocycles. The van der Waals surface area contributed by atoms with Crippen LogP contribution in [0.3, 0.4) is 0 Å². The molecule has 22 heavy (non-hydrogen) atoms. The Labute approximate surface area is 135 Å². The van der Waals surface area contributed by atoms with E-state index in [1.807, 2.05) is 36.4 Å². The van der Waals surface area contributed by atoms with Gasteiger partial charge in [-0.05, 0) is 36.5 Å². The summed E-state index contributed by atoms with van der Waals surface area (Å²) in [4.78, 5) is 15.5. The van der Waals surface area contributed by atoms with Crippen LogP contribution in [0.25, 0.3) is 0 Å². The summed E-state index contributed by atoms with van der Waals surface area (Å²) in [5, 5.41) is 9.25. The predicted octanol–water partition coefficient (Wildman–Crippen LogP) is 2.84. The third kappa shape index (κ3) is 4.77. The van der Waals surface area contributed by atoms with Gasteiger partial charge in [0.15, 0.2) is 0 Å². The molecule has 0 aliphatic carbocycles. The summed E-state index contributed by atoms with van der Waals surface area (Å²) >= 11 is 4.52. The highest BCUT2D eigenvalue weighted by molar-refractivity contribution is 7.81. The zero-order valence-electron chi connectivity index (χ0n) is 12.2.